The van der Waals surface area contributed by atoms with Crippen LogP contribution in [0, 0.1) is 0 Å². The molecule has 0 fully saturated rings. The first kappa shape index (κ1) is 7.45. The zero-order valence-corrected chi connectivity index (χ0v) is 6.65. The van der Waals surface area contributed by atoms with Crippen LogP contribution in [-0.2, 0) is 0 Å². The number of aliphatic hydroxyl groups is 1. The van der Waals surface area contributed by atoms with Crippen LogP contribution in [0.5, 0.6) is 0 Å². The highest BCUT2D eigenvalue weighted by molar-refractivity contribution is 6.29. The molecule has 0 saturated heterocycles. The third-order valence-electron chi connectivity index (χ3n) is 1.43. The maximum atomic E-state index is 9.27. The number of nitrogens with one attached hydrogen (secondary N) is 1. The Morgan fingerprint density at radius 1 is 1.58 bits per heavy atom. The summed E-state index contributed by atoms with van der Waals surface area (Å²) in [5.74, 6) is 0.449. The highest BCUT2D eigenvalue weighted by Gasteiger charge is 2.17. The summed E-state index contributed by atoms with van der Waals surface area (Å²) < 4.78 is 0. The third kappa shape index (κ3) is 1.13. The van der Waals surface area contributed by atoms with Gasteiger partial charge in [-0.3, -0.25) is 0 Å². The lowest BCUT2D eigenvalue weighted by Gasteiger charge is -2.13. The van der Waals surface area contributed by atoms with E-state index < -0.39 is 6.23 Å². The van der Waals surface area contributed by atoms with E-state index in [0.29, 0.717) is 11.5 Å². The molecular weight excluding hydrogens is 180 g/mol. The fourth-order valence-corrected chi connectivity index (χ4v) is 1.04. The molecule has 6 heteroatoms. The molecule has 1 unspecified atom stereocenters. The second kappa shape index (κ2) is 2.69. The summed E-state index contributed by atoms with van der Waals surface area (Å²) in [6, 6.07) is 0. The number of aliphatic hydroxyl groups excluding tert-OH is 1. The van der Waals surface area contributed by atoms with Crippen molar-refractivity contribution in [1.82, 2.24) is 9.97 Å². The molecule has 0 saturated carbocycles. The van der Waals surface area contributed by atoms with Crippen molar-refractivity contribution >= 4 is 23.8 Å². The van der Waals surface area contributed by atoms with Gasteiger partial charge in [0.2, 0.25) is 0 Å². The van der Waals surface area contributed by atoms with Crippen LogP contribution in [0.3, 0.4) is 0 Å². The smallest absolute Gasteiger partial charge is 0.193 e. The van der Waals surface area contributed by atoms with Crippen molar-refractivity contribution in [1.29, 1.82) is 0 Å². The van der Waals surface area contributed by atoms with Gasteiger partial charge in [0.05, 0.1) is 12.5 Å². The zero-order chi connectivity index (χ0) is 8.55. The van der Waals surface area contributed by atoms with Crippen LogP contribution in [-0.4, -0.2) is 21.4 Å². The number of anilines is 1. The Morgan fingerprint density at radius 3 is 3.25 bits per heavy atom. The normalized spacial score (nSPS) is 20.0. The fourth-order valence-electron chi connectivity index (χ4n) is 0.912. The van der Waals surface area contributed by atoms with Gasteiger partial charge in [0.15, 0.2) is 12.0 Å². The number of hydrogen-bond donors (Lipinski definition) is 2. The summed E-state index contributed by atoms with van der Waals surface area (Å²) in [4.78, 5) is 11.5. The molecule has 2 rings (SSSR count). The quantitative estimate of drug-likeness (QED) is 0.619. The molecule has 0 spiro atoms. The Kier molecular flexibility index (Phi) is 1.67. The van der Waals surface area contributed by atoms with Gasteiger partial charge in [0.25, 0.3) is 0 Å². The molecule has 5 nitrogen and oxygen atoms in total. The molecule has 1 aromatic rings. The second-order valence-corrected chi connectivity index (χ2v) is 2.61. The highest BCUT2D eigenvalue weighted by atomic mass is 35.5. The molecule has 1 aliphatic rings. The predicted molar refractivity (Wildman–Crippen MR) is 44.1 cm³/mol. The van der Waals surface area contributed by atoms with E-state index in [2.05, 4.69) is 20.3 Å². The first-order valence-corrected chi connectivity index (χ1v) is 3.64. The SMILES string of the molecule is OC1N=CNc2nc(Cl)cnc21. The van der Waals surface area contributed by atoms with E-state index in [0.717, 1.165) is 0 Å². The summed E-state index contributed by atoms with van der Waals surface area (Å²) in [6.45, 7) is 0. The van der Waals surface area contributed by atoms with Gasteiger partial charge >= 0.3 is 0 Å². The molecule has 1 aliphatic heterocycles. The van der Waals surface area contributed by atoms with Crippen molar-refractivity contribution in [3.05, 3.63) is 17.0 Å². The maximum absolute atomic E-state index is 9.27. The van der Waals surface area contributed by atoms with E-state index in [4.69, 9.17) is 11.6 Å². The fraction of sp³-hybridized carbons (Fsp3) is 0.167. The predicted octanol–water partition coefficient (Wildman–Crippen LogP) is 0.575. The summed E-state index contributed by atoms with van der Waals surface area (Å²) >= 11 is 5.58. The second-order valence-electron chi connectivity index (χ2n) is 2.22. The number of aromatic nitrogens is 2. The van der Waals surface area contributed by atoms with Gasteiger partial charge in [-0.25, -0.2) is 15.0 Å². The minimum absolute atomic E-state index is 0.281. The van der Waals surface area contributed by atoms with Gasteiger partial charge < -0.3 is 10.4 Å². The lowest BCUT2D eigenvalue weighted by molar-refractivity contribution is 0.183. The summed E-state index contributed by atoms with van der Waals surface area (Å²) in [7, 11) is 0. The molecule has 2 heterocycles. The van der Waals surface area contributed by atoms with E-state index in [1.807, 2.05) is 0 Å². The first-order valence-electron chi connectivity index (χ1n) is 3.26. The summed E-state index contributed by atoms with van der Waals surface area (Å²) in [6.07, 6.45) is 1.79. The van der Waals surface area contributed by atoms with E-state index >= 15 is 0 Å². The number of fused-ring (bicyclic) bond motifs is 1. The van der Waals surface area contributed by atoms with Crippen molar-refractivity contribution in [2.75, 3.05) is 5.32 Å². The van der Waals surface area contributed by atoms with E-state index in [-0.39, 0.29) is 5.15 Å². The largest absolute Gasteiger partial charge is 0.366 e. The molecule has 62 valence electrons. The monoisotopic (exact) mass is 184 g/mol. The van der Waals surface area contributed by atoms with Crippen LogP contribution in [0.4, 0.5) is 5.82 Å². The summed E-state index contributed by atoms with van der Waals surface area (Å²) in [5, 5.41) is 12.3. The van der Waals surface area contributed by atoms with Crippen LogP contribution in [0.25, 0.3) is 0 Å². The average Bonchev–Trinajstić information content (AvgIpc) is 2.04. The van der Waals surface area contributed by atoms with Crippen LogP contribution in [0.2, 0.25) is 5.15 Å². The number of hydrogen-bond acceptors (Lipinski definition) is 5. The molecule has 1 aromatic heterocycles. The third-order valence-corrected chi connectivity index (χ3v) is 1.62. The van der Waals surface area contributed by atoms with Crippen molar-refractivity contribution in [2.45, 2.75) is 6.23 Å². The van der Waals surface area contributed by atoms with E-state index in [9.17, 15) is 5.11 Å². The van der Waals surface area contributed by atoms with Gasteiger partial charge in [0.1, 0.15) is 10.8 Å². The Hall–Kier alpha value is -1.20. The van der Waals surface area contributed by atoms with Crippen molar-refractivity contribution in [2.24, 2.45) is 4.99 Å². The standard InChI is InChI=1S/C6H5ClN4O/c7-3-1-8-4-5(11-3)9-2-10-6(4)12/h1-2,6,12H,(H,9,10,11). The Labute approximate surface area is 73.1 Å². The molecule has 0 aliphatic carbocycles. The number of halogens is 1. The molecule has 2 N–H and O–H groups in total. The van der Waals surface area contributed by atoms with Gasteiger partial charge in [-0.15, -0.1) is 0 Å². The molecule has 0 aromatic carbocycles. The molecular formula is C6H5ClN4O. The Bertz CT molecular complexity index is 340. The highest BCUT2D eigenvalue weighted by Crippen LogP contribution is 2.23. The van der Waals surface area contributed by atoms with Crippen LogP contribution >= 0.6 is 11.6 Å². The van der Waals surface area contributed by atoms with Crippen molar-refractivity contribution in [3.8, 4) is 0 Å². The maximum Gasteiger partial charge on any atom is 0.193 e. The van der Waals surface area contributed by atoms with Gasteiger partial charge in [-0.05, 0) is 0 Å². The first-order chi connectivity index (χ1) is 5.77. The average molecular weight is 185 g/mol. The Morgan fingerprint density at radius 2 is 2.42 bits per heavy atom. The van der Waals surface area contributed by atoms with Gasteiger partial charge in [-0.2, -0.15) is 0 Å². The lowest BCUT2D eigenvalue weighted by atomic mass is 10.3. The van der Waals surface area contributed by atoms with Crippen molar-refractivity contribution < 1.29 is 5.11 Å². The molecule has 0 radical (unpaired) electrons. The van der Waals surface area contributed by atoms with Gasteiger partial charge in [0, 0.05) is 0 Å². The van der Waals surface area contributed by atoms with E-state index in [1.54, 1.807) is 0 Å². The lowest BCUT2D eigenvalue weighted by Crippen LogP contribution is -2.13. The van der Waals surface area contributed by atoms with Gasteiger partial charge in [-0.1, -0.05) is 11.6 Å². The van der Waals surface area contributed by atoms with Crippen LogP contribution in [0.1, 0.15) is 11.9 Å². The molecule has 12 heavy (non-hydrogen) atoms. The molecule has 0 amide bonds. The number of aliphatic imine (C=N–C) groups is 1. The topological polar surface area (TPSA) is 70.4 Å². The minimum atomic E-state index is -0.939. The van der Waals surface area contributed by atoms with Crippen LogP contribution < -0.4 is 5.32 Å². The zero-order valence-electron chi connectivity index (χ0n) is 5.90. The van der Waals surface area contributed by atoms with Crippen molar-refractivity contribution in [3.63, 3.8) is 0 Å². The molecule has 0 bridgehead atoms. The number of nitrogens with zero attached hydrogens (tertiary/aromatic N) is 3. The number of rotatable bonds is 0. The summed E-state index contributed by atoms with van der Waals surface area (Å²) in [5.41, 5.74) is 0.391. The van der Waals surface area contributed by atoms with Crippen LogP contribution in [0.15, 0.2) is 11.2 Å². The Balaban J connectivity index is 2.51. The molecule has 1 atom stereocenters. The van der Waals surface area contributed by atoms with E-state index in [1.165, 1.54) is 12.5 Å². The minimum Gasteiger partial charge on any atom is -0.366 e.